The minimum Gasteiger partial charge on any atom is -0.375 e. The third-order valence-electron chi connectivity index (χ3n) is 2.41. The molecule has 0 bridgehead atoms. The van der Waals surface area contributed by atoms with Crippen LogP contribution >= 0.6 is 11.3 Å². The first kappa shape index (κ1) is 13.0. The van der Waals surface area contributed by atoms with Gasteiger partial charge in [0.1, 0.15) is 6.10 Å². The van der Waals surface area contributed by atoms with E-state index in [1.54, 1.807) is 0 Å². The number of nitrogens with zero attached hydrogens (tertiary/aromatic N) is 3. The van der Waals surface area contributed by atoms with Crippen LogP contribution in [-0.4, -0.2) is 21.7 Å². The average Bonchev–Trinajstić information content (AvgIpc) is 2.96. The molecule has 0 aliphatic rings. The third kappa shape index (κ3) is 3.05. The molecule has 0 aliphatic heterocycles. The maximum absolute atomic E-state index is 5.57. The molecule has 2 heterocycles. The van der Waals surface area contributed by atoms with E-state index in [1.165, 1.54) is 11.3 Å². The van der Waals surface area contributed by atoms with Gasteiger partial charge >= 0.3 is 0 Å². The van der Waals surface area contributed by atoms with Gasteiger partial charge in [-0.3, -0.25) is 0 Å². The molecule has 0 saturated heterocycles. The van der Waals surface area contributed by atoms with Gasteiger partial charge in [0.15, 0.2) is 5.13 Å². The molecule has 0 radical (unpaired) electrons. The van der Waals surface area contributed by atoms with Gasteiger partial charge in [-0.25, -0.2) is 4.98 Å². The van der Waals surface area contributed by atoms with E-state index in [9.17, 15) is 0 Å². The van der Waals surface area contributed by atoms with Gasteiger partial charge in [0.2, 0.25) is 11.7 Å². The Morgan fingerprint density at radius 1 is 1.44 bits per heavy atom. The smallest absolute Gasteiger partial charge is 0.232 e. The topological polar surface area (TPSA) is 87.1 Å². The molecule has 6 nitrogen and oxygen atoms in total. The number of nitrogen functional groups attached to an aromatic ring is 1. The van der Waals surface area contributed by atoms with Gasteiger partial charge in [0.05, 0.1) is 12.1 Å². The van der Waals surface area contributed by atoms with Crippen molar-refractivity contribution < 1.29 is 9.26 Å². The zero-order valence-corrected chi connectivity index (χ0v) is 11.2. The van der Waals surface area contributed by atoms with Crippen molar-refractivity contribution in [2.45, 2.75) is 32.8 Å². The van der Waals surface area contributed by atoms with E-state index < -0.39 is 0 Å². The Balaban J connectivity index is 2.05. The van der Waals surface area contributed by atoms with Crippen molar-refractivity contribution in [1.29, 1.82) is 0 Å². The summed E-state index contributed by atoms with van der Waals surface area (Å²) in [7, 11) is 0. The Morgan fingerprint density at radius 3 is 2.89 bits per heavy atom. The van der Waals surface area contributed by atoms with Crippen LogP contribution in [0.25, 0.3) is 0 Å². The predicted octanol–water partition coefficient (Wildman–Crippen LogP) is 2.19. The summed E-state index contributed by atoms with van der Waals surface area (Å²) >= 11 is 1.40. The normalized spacial score (nSPS) is 12.8. The molecule has 2 rings (SSSR count). The van der Waals surface area contributed by atoms with E-state index in [1.807, 2.05) is 19.2 Å². The van der Waals surface area contributed by atoms with Gasteiger partial charge in [0, 0.05) is 12.0 Å². The van der Waals surface area contributed by atoms with Crippen molar-refractivity contribution in [3.8, 4) is 0 Å². The summed E-state index contributed by atoms with van der Waals surface area (Å²) in [6.07, 6.45) is 1.22. The lowest BCUT2D eigenvalue weighted by molar-refractivity contribution is 0.0518. The monoisotopic (exact) mass is 268 g/mol. The highest BCUT2D eigenvalue weighted by Crippen LogP contribution is 2.19. The minimum atomic E-state index is -0.104. The number of thiazole rings is 1. The van der Waals surface area contributed by atoms with Gasteiger partial charge in [-0.05, 0) is 13.3 Å². The number of ether oxygens (including phenoxy) is 1. The number of anilines is 1. The molecule has 1 unspecified atom stereocenters. The Hall–Kier alpha value is -1.47. The summed E-state index contributed by atoms with van der Waals surface area (Å²) in [6, 6.07) is 0. The number of rotatable bonds is 6. The number of nitrogens with two attached hydrogens (primary N) is 1. The Kier molecular flexibility index (Phi) is 4.27. The zero-order valence-electron chi connectivity index (χ0n) is 10.4. The van der Waals surface area contributed by atoms with Crippen LogP contribution in [0.1, 0.15) is 43.8 Å². The lowest BCUT2D eigenvalue weighted by Gasteiger charge is -2.09. The highest BCUT2D eigenvalue weighted by Gasteiger charge is 2.17. The standard InChI is InChI=1S/C11H16N4O2S/c1-3-8(16-4-2)10-14-9(17-15-10)5-7-6-18-11(12)13-7/h6,8H,3-5H2,1-2H3,(H2,12,13). The van der Waals surface area contributed by atoms with Crippen LogP contribution in [0.2, 0.25) is 0 Å². The second kappa shape index (κ2) is 5.92. The Bertz CT molecular complexity index is 497. The summed E-state index contributed by atoms with van der Waals surface area (Å²) in [4.78, 5) is 8.48. The van der Waals surface area contributed by atoms with Crippen LogP contribution in [0.4, 0.5) is 5.13 Å². The lowest BCUT2D eigenvalue weighted by atomic mass is 10.2. The zero-order chi connectivity index (χ0) is 13.0. The maximum atomic E-state index is 5.57. The highest BCUT2D eigenvalue weighted by molar-refractivity contribution is 7.13. The molecule has 0 saturated carbocycles. The molecule has 0 aliphatic carbocycles. The molecule has 0 amide bonds. The summed E-state index contributed by atoms with van der Waals surface area (Å²) in [6.45, 7) is 4.60. The van der Waals surface area contributed by atoms with Crippen molar-refractivity contribution in [2.24, 2.45) is 0 Å². The Morgan fingerprint density at radius 2 is 2.28 bits per heavy atom. The van der Waals surface area contributed by atoms with Crippen LogP contribution in [0.3, 0.4) is 0 Å². The first-order valence-electron chi connectivity index (χ1n) is 5.86. The van der Waals surface area contributed by atoms with E-state index in [4.69, 9.17) is 15.0 Å². The molecule has 1 atom stereocenters. The molecule has 0 aromatic carbocycles. The highest BCUT2D eigenvalue weighted by atomic mass is 32.1. The average molecular weight is 268 g/mol. The van der Waals surface area contributed by atoms with E-state index in [0.29, 0.717) is 29.9 Å². The summed E-state index contributed by atoms with van der Waals surface area (Å²) in [5.74, 6) is 1.13. The van der Waals surface area contributed by atoms with Gasteiger partial charge in [-0.1, -0.05) is 12.1 Å². The SMILES string of the molecule is CCOC(CC)c1noc(Cc2csc(N)n2)n1. The maximum Gasteiger partial charge on any atom is 0.232 e. The van der Waals surface area contributed by atoms with Crippen molar-refractivity contribution in [2.75, 3.05) is 12.3 Å². The first-order valence-corrected chi connectivity index (χ1v) is 6.74. The minimum absolute atomic E-state index is 0.104. The third-order valence-corrected chi connectivity index (χ3v) is 3.13. The number of aromatic nitrogens is 3. The van der Waals surface area contributed by atoms with E-state index >= 15 is 0 Å². The predicted molar refractivity (Wildman–Crippen MR) is 68.3 cm³/mol. The summed E-state index contributed by atoms with van der Waals surface area (Å²) in [5.41, 5.74) is 6.41. The molecule has 2 aromatic heterocycles. The summed E-state index contributed by atoms with van der Waals surface area (Å²) in [5, 5.41) is 6.38. The molecule has 98 valence electrons. The van der Waals surface area contributed by atoms with Crippen LogP contribution in [0, 0.1) is 0 Å². The molecule has 2 aromatic rings. The molecule has 0 spiro atoms. The first-order chi connectivity index (χ1) is 8.72. The van der Waals surface area contributed by atoms with Crippen molar-refractivity contribution in [1.82, 2.24) is 15.1 Å². The van der Waals surface area contributed by atoms with Crippen LogP contribution in [0.5, 0.6) is 0 Å². The lowest BCUT2D eigenvalue weighted by Crippen LogP contribution is -2.05. The molecule has 18 heavy (non-hydrogen) atoms. The largest absolute Gasteiger partial charge is 0.375 e. The second-order valence-corrected chi connectivity index (χ2v) is 4.64. The summed E-state index contributed by atoms with van der Waals surface area (Å²) < 4.78 is 10.7. The molecular formula is C11H16N4O2S. The van der Waals surface area contributed by atoms with Crippen LogP contribution in [0.15, 0.2) is 9.90 Å². The van der Waals surface area contributed by atoms with E-state index in [2.05, 4.69) is 15.1 Å². The number of hydrogen-bond donors (Lipinski definition) is 1. The second-order valence-electron chi connectivity index (χ2n) is 3.75. The molecular weight excluding hydrogens is 252 g/mol. The number of hydrogen-bond acceptors (Lipinski definition) is 7. The van der Waals surface area contributed by atoms with Gasteiger partial charge in [-0.2, -0.15) is 4.98 Å². The van der Waals surface area contributed by atoms with Crippen molar-refractivity contribution in [3.63, 3.8) is 0 Å². The van der Waals surface area contributed by atoms with Crippen LogP contribution in [-0.2, 0) is 11.2 Å². The van der Waals surface area contributed by atoms with E-state index in [0.717, 1.165) is 12.1 Å². The van der Waals surface area contributed by atoms with E-state index in [-0.39, 0.29) is 6.10 Å². The fraction of sp³-hybridized carbons (Fsp3) is 0.545. The Labute approximate surface area is 109 Å². The quantitative estimate of drug-likeness (QED) is 0.864. The van der Waals surface area contributed by atoms with Gasteiger partial charge in [-0.15, -0.1) is 11.3 Å². The van der Waals surface area contributed by atoms with Gasteiger partial charge < -0.3 is 15.0 Å². The van der Waals surface area contributed by atoms with Crippen molar-refractivity contribution >= 4 is 16.5 Å². The van der Waals surface area contributed by atoms with Crippen LogP contribution < -0.4 is 5.73 Å². The molecule has 7 heteroatoms. The molecule has 0 fully saturated rings. The fourth-order valence-electron chi connectivity index (χ4n) is 1.61. The molecule has 2 N–H and O–H groups in total. The van der Waals surface area contributed by atoms with Gasteiger partial charge in [0.25, 0.3) is 0 Å². The fourth-order valence-corrected chi connectivity index (χ4v) is 2.17. The van der Waals surface area contributed by atoms with Crippen molar-refractivity contribution in [3.05, 3.63) is 22.8 Å².